The number of urea groups is 1. The third-order valence-electron chi connectivity index (χ3n) is 4.19. The molecule has 5 heteroatoms. The fourth-order valence-corrected chi connectivity index (χ4v) is 2.92. The highest BCUT2D eigenvalue weighted by atomic mass is 16.2. The minimum atomic E-state index is -0.172. The summed E-state index contributed by atoms with van der Waals surface area (Å²) < 4.78 is 0. The number of fused-ring (bicyclic) bond motifs is 1. The van der Waals surface area contributed by atoms with E-state index in [1.165, 1.54) is 0 Å². The van der Waals surface area contributed by atoms with Crippen LogP contribution in [-0.4, -0.2) is 18.5 Å². The maximum atomic E-state index is 12.0. The van der Waals surface area contributed by atoms with E-state index < -0.39 is 0 Å². The predicted octanol–water partition coefficient (Wildman–Crippen LogP) is 3.05. The molecule has 3 rings (SSSR count). The smallest absolute Gasteiger partial charge is 0.319 e. The molecule has 1 aromatic rings. The molecule has 116 valence electrons. The van der Waals surface area contributed by atoms with Crippen LogP contribution in [-0.2, 0) is 11.2 Å². The Labute approximate surface area is 130 Å². The number of aryl methyl sites for hydroxylation is 1. The third kappa shape index (κ3) is 3.67. The van der Waals surface area contributed by atoms with Crippen molar-refractivity contribution in [3.05, 3.63) is 35.9 Å². The van der Waals surface area contributed by atoms with Gasteiger partial charge in [-0.3, -0.25) is 4.79 Å². The van der Waals surface area contributed by atoms with E-state index >= 15 is 0 Å². The summed E-state index contributed by atoms with van der Waals surface area (Å²) in [7, 11) is 0. The molecular formula is C17H21N3O2. The Kier molecular flexibility index (Phi) is 4.42. The summed E-state index contributed by atoms with van der Waals surface area (Å²) in [5.41, 5.74) is 2.67. The molecule has 5 nitrogen and oxygen atoms in total. The van der Waals surface area contributed by atoms with Gasteiger partial charge in [0.25, 0.3) is 0 Å². The Morgan fingerprint density at radius 3 is 3.00 bits per heavy atom. The van der Waals surface area contributed by atoms with Crippen molar-refractivity contribution in [2.24, 2.45) is 5.92 Å². The Morgan fingerprint density at radius 2 is 2.18 bits per heavy atom. The van der Waals surface area contributed by atoms with Crippen LogP contribution in [0.15, 0.2) is 30.4 Å². The number of allylic oxidation sites excluding steroid dienone is 2. The minimum Gasteiger partial charge on any atom is -0.338 e. The van der Waals surface area contributed by atoms with Gasteiger partial charge in [-0.2, -0.15) is 0 Å². The monoisotopic (exact) mass is 299 g/mol. The summed E-state index contributed by atoms with van der Waals surface area (Å²) in [6.07, 6.45) is 8.87. The Hall–Kier alpha value is -2.30. The highest BCUT2D eigenvalue weighted by Crippen LogP contribution is 2.25. The van der Waals surface area contributed by atoms with Gasteiger partial charge in [0.1, 0.15) is 0 Å². The van der Waals surface area contributed by atoms with Crippen molar-refractivity contribution in [2.45, 2.75) is 32.1 Å². The first kappa shape index (κ1) is 14.6. The van der Waals surface area contributed by atoms with E-state index in [0.717, 1.165) is 36.2 Å². The van der Waals surface area contributed by atoms with Gasteiger partial charge in [-0.25, -0.2) is 4.79 Å². The number of anilines is 2. The van der Waals surface area contributed by atoms with E-state index in [2.05, 4.69) is 28.1 Å². The van der Waals surface area contributed by atoms with Crippen LogP contribution >= 0.6 is 0 Å². The molecule has 2 aliphatic rings. The fraction of sp³-hybridized carbons (Fsp3) is 0.412. The largest absolute Gasteiger partial charge is 0.338 e. The molecule has 1 aromatic carbocycles. The highest BCUT2D eigenvalue weighted by Gasteiger charge is 2.15. The van der Waals surface area contributed by atoms with Crippen molar-refractivity contribution in [1.29, 1.82) is 0 Å². The number of nitrogens with one attached hydrogen (secondary N) is 3. The standard InChI is InChI=1S/C17H21N3O2/c21-16-9-6-13-10-14(7-8-15(13)20-16)19-17(22)18-11-12-4-2-1-3-5-12/h1-2,7-8,10,12H,3-6,9,11H2,(H,20,21)(H2,18,19,22). The van der Waals surface area contributed by atoms with E-state index in [1.807, 2.05) is 18.2 Å². The average Bonchev–Trinajstić information content (AvgIpc) is 2.54. The van der Waals surface area contributed by atoms with E-state index in [-0.39, 0.29) is 11.9 Å². The number of hydrogen-bond acceptors (Lipinski definition) is 2. The van der Waals surface area contributed by atoms with Crippen LogP contribution in [0, 0.1) is 5.92 Å². The summed E-state index contributed by atoms with van der Waals surface area (Å²) in [6.45, 7) is 0.706. The molecule has 22 heavy (non-hydrogen) atoms. The van der Waals surface area contributed by atoms with Gasteiger partial charge in [-0.05, 0) is 55.4 Å². The van der Waals surface area contributed by atoms with Gasteiger partial charge in [0.05, 0.1) is 0 Å². The van der Waals surface area contributed by atoms with Crippen molar-refractivity contribution in [3.8, 4) is 0 Å². The fourth-order valence-electron chi connectivity index (χ4n) is 2.92. The van der Waals surface area contributed by atoms with Gasteiger partial charge in [-0.15, -0.1) is 0 Å². The van der Waals surface area contributed by atoms with Gasteiger partial charge < -0.3 is 16.0 Å². The second kappa shape index (κ2) is 6.64. The molecule has 0 radical (unpaired) electrons. The maximum absolute atomic E-state index is 12.0. The van der Waals surface area contributed by atoms with Gasteiger partial charge in [0.2, 0.25) is 5.91 Å². The number of carbonyl (C=O) groups excluding carboxylic acids is 2. The lowest BCUT2D eigenvalue weighted by atomic mass is 9.94. The number of carbonyl (C=O) groups is 2. The zero-order valence-corrected chi connectivity index (χ0v) is 12.5. The van der Waals surface area contributed by atoms with Crippen molar-refractivity contribution in [2.75, 3.05) is 17.2 Å². The summed E-state index contributed by atoms with van der Waals surface area (Å²) in [6, 6.07) is 5.41. The van der Waals surface area contributed by atoms with E-state index in [4.69, 9.17) is 0 Å². The lowest BCUT2D eigenvalue weighted by molar-refractivity contribution is -0.116. The molecule has 0 fully saturated rings. The molecule has 1 heterocycles. The number of hydrogen-bond donors (Lipinski definition) is 3. The molecule has 1 aliphatic heterocycles. The quantitative estimate of drug-likeness (QED) is 0.751. The van der Waals surface area contributed by atoms with Gasteiger partial charge in [0, 0.05) is 24.3 Å². The Morgan fingerprint density at radius 1 is 1.27 bits per heavy atom. The molecule has 1 atom stereocenters. The Balaban J connectivity index is 1.53. The first-order valence-corrected chi connectivity index (χ1v) is 7.83. The topological polar surface area (TPSA) is 70.2 Å². The second-order valence-electron chi connectivity index (χ2n) is 5.91. The molecule has 0 aromatic heterocycles. The van der Waals surface area contributed by atoms with Crippen LogP contribution < -0.4 is 16.0 Å². The summed E-state index contributed by atoms with van der Waals surface area (Å²) >= 11 is 0. The maximum Gasteiger partial charge on any atom is 0.319 e. The molecular weight excluding hydrogens is 278 g/mol. The van der Waals surface area contributed by atoms with Crippen LogP contribution in [0.1, 0.15) is 31.2 Å². The van der Waals surface area contributed by atoms with E-state index in [0.29, 0.717) is 25.3 Å². The van der Waals surface area contributed by atoms with Crippen molar-refractivity contribution in [3.63, 3.8) is 0 Å². The van der Waals surface area contributed by atoms with Gasteiger partial charge in [-0.1, -0.05) is 12.2 Å². The molecule has 0 saturated heterocycles. The lowest BCUT2D eigenvalue weighted by Crippen LogP contribution is -2.33. The second-order valence-corrected chi connectivity index (χ2v) is 5.91. The van der Waals surface area contributed by atoms with E-state index in [9.17, 15) is 9.59 Å². The molecule has 3 amide bonds. The van der Waals surface area contributed by atoms with Crippen molar-refractivity contribution in [1.82, 2.24) is 5.32 Å². The molecule has 1 aliphatic carbocycles. The zero-order valence-electron chi connectivity index (χ0n) is 12.5. The molecule has 3 N–H and O–H groups in total. The minimum absolute atomic E-state index is 0.0486. The van der Waals surface area contributed by atoms with E-state index in [1.54, 1.807) is 0 Å². The summed E-state index contributed by atoms with van der Waals surface area (Å²) in [5.74, 6) is 0.585. The molecule has 1 unspecified atom stereocenters. The van der Waals surface area contributed by atoms with Crippen molar-refractivity contribution < 1.29 is 9.59 Å². The zero-order chi connectivity index (χ0) is 15.4. The average molecular weight is 299 g/mol. The number of benzene rings is 1. The number of amides is 3. The van der Waals surface area contributed by atoms with Crippen LogP contribution in [0.3, 0.4) is 0 Å². The first-order valence-electron chi connectivity index (χ1n) is 7.83. The molecule has 0 saturated carbocycles. The third-order valence-corrected chi connectivity index (χ3v) is 4.19. The van der Waals surface area contributed by atoms with Crippen molar-refractivity contribution >= 4 is 23.3 Å². The van der Waals surface area contributed by atoms with Crippen LogP contribution in [0.5, 0.6) is 0 Å². The normalized spacial score (nSPS) is 20.0. The lowest BCUT2D eigenvalue weighted by Gasteiger charge is -2.19. The first-order chi connectivity index (χ1) is 10.7. The van der Waals surface area contributed by atoms with Crippen LogP contribution in [0.2, 0.25) is 0 Å². The summed E-state index contributed by atoms with van der Waals surface area (Å²) in [5, 5.41) is 8.63. The van der Waals surface area contributed by atoms with Gasteiger partial charge >= 0.3 is 6.03 Å². The van der Waals surface area contributed by atoms with Gasteiger partial charge in [0.15, 0.2) is 0 Å². The van der Waals surface area contributed by atoms with Crippen LogP contribution in [0.25, 0.3) is 0 Å². The van der Waals surface area contributed by atoms with Crippen LogP contribution in [0.4, 0.5) is 16.2 Å². The SMILES string of the molecule is O=C1CCc2cc(NC(=O)NCC3CC=CCC3)ccc2N1. The summed E-state index contributed by atoms with van der Waals surface area (Å²) in [4.78, 5) is 23.3. The predicted molar refractivity (Wildman–Crippen MR) is 86.9 cm³/mol. The highest BCUT2D eigenvalue weighted by molar-refractivity contribution is 5.95. The number of rotatable bonds is 3. The molecule has 0 spiro atoms. The Bertz CT molecular complexity index is 610. The molecule has 0 bridgehead atoms.